The summed E-state index contributed by atoms with van der Waals surface area (Å²) in [6.07, 6.45) is 0. The van der Waals surface area contributed by atoms with Crippen molar-refractivity contribution in [1.29, 1.82) is 0 Å². The molecule has 0 aliphatic rings. The maximum Gasteiger partial charge on any atom is 0.163 e. The number of rotatable bonds is 2. The number of fused-ring (bicyclic) bond motifs is 1. The molecule has 0 saturated heterocycles. The van der Waals surface area contributed by atoms with E-state index in [2.05, 4.69) is 78.8 Å². The summed E-state index contributed by atoms with van der Waals surface area (Å²) < 4.78 is 2.02. The Hall–Kier alpha value is -2.16. The van der Waals surface area contributed by atoms with Gasteiger partial charge in [-0.1, -0.05) is 52.3 Å². The molecule has 0 fully saturated rings. The summed E-state index contributed by atoms with van der Waals surface area (Å²) >= 11 is 0. The molecule has 2 aromatic heterocycles. The minimum Gasteiger partial charge on any atom is -0.232 e. The number of nitrogens with zero attached hydrogens (tertiary/aromatic N) is 3. The molecule has 0 amide bonds. The lowest BCUT2D eigenvalue weighted by Crippen LogP contribution is -2.14. The number of pyridine rings is 1. The molecule has 2 heterocycles. The monoisotopic (exact) mass is 321 g/mol. The van der Waals surface area contributed by atoms with E-state index >= 15 is 0 Å². The standard InChI is InChI=1S/C21H27N3/c1-13(2)19-16-9-11-18(21(5,6)7)22-20(16)24(23-19)17-10-8-14(3)12-15(17)4/h8-13H,1-7H3. The van der Waals surface area contributed by atoms with Gasteiger partial charge >= 0.3 is 0 Å². The highest BCUT2D eigenvalue weighted by Crippen LogP contribution is 2.30. The molecule has 0 bridgehead atoms. The summed E-state index contributed by atoms with van der Waals surface area (Å²) in [4.78, 5) is 4.99. The maximum atomic E-state index is 4.99. The summed E-state index contributed by atoms with van der Waals surface area (Å²) in [6.45, 7) is 15.2. The average molecular weight is 321 g/mol. The molecular formula is C21H27N3. The summed E-state index contributed by atoms with van der Waals surface area (Å²) in [5, 5.41) is 6.08. The van der Waals surface area contributed by atoms with Crippen molar-refractivity contribution in [2.75, 3.05) is 0 Å². The van der Waals surface area contributed by atoms with E-state index in [1.54, 1.807) is 0 Å². The van der Waals surface area contributed by atoms with E-state index in [9.17, 15) is 0 Å². The Balaban J connectivity index is 2.33. The first-order valence-electron chi connectivity index (χ1n) is 8.66. The van der Waals surface area contributed by atoms with Gasteiger partial charge in [-0.05, 0) is 43.5 Å². The van der Waals surface area contributed by atoms with Gasteiger partial charge in [0.15, 0.2) is 5.65 Å². The first kappa shape index (κ1) is 16.7. The van der Waals surface area contributed by atoms with Crippen LogP contribution >= 0.6 is 0 Å². The Labute approximate surface area is 144 Å². The number of benzene rings is 1. The van der Waals surface area contributed by atoms with Gasteiger partial charge in [0.1, 0.15) is 0 Å². The third-order valence-electron chi connectivity index (χ3n) is 4.46. The zero-order valence-corrected chi connectivity index (χ0v) is 15.8. The molecule has 3 rings (SSSR count). The Morgan fingerprint density at radius 2 is 1.71 bits per heavy atom. The number of hydrogen-bond donors (Lipinski definition) is 0. The van der Waals surface area contributed by atoms with E-state index in [0.29, 0.717) is 5.92 Å². The van der Waals surface area contributed by atoms with E-state index in [1.165, 1.54) is 11.1 Å². The van der Waals surface area contributed by atoms with Gasteiger partial charge < -0.3 is 0 Å². The van der Waals surface area contributed by atoms with Crippen molar-refractivity contribution >= 4 is 11.0 Å². The topological polar surface area (TPSA) is 30.7 Å². The zero-order chi connectivity index (χ0) is 17.6. The molecule has 0 N–H and O–H groups in total. The summed E-state index contributed by atoms with van der Waals surface area (Å²) in [7, 11) is 0. The molecule has 3 nitrogen and oxygen atoms in total. The third-order valence-corrected chi connectivity index (χ3v) is 4.46. The van der Waals surface area contributed by atoms with Gasteiger partial charge in [0.05, 0.1) is 11.4 Å². The highest BCUT2D eigenvalue weighted by atomic mass is 15.3. The van der Waals surface area contributed by atoms with Gasteiger partial charge in [-0.25, -0.2) is 9.67 Å². The van der Waals surface area contributed by atoms with Crippen molar-refractivity contribution in [3.63, 3.8) is 0 Å². The zero-order valence-electron chi connectivity index (χ0n) is 15.8. The van der Waals surface area contributed by atoms with Crippen LogP contribution in [0.2, 0.25) is 0 Å². The summed E-state index contributed by atoms with van der Waals surface area (Å²) in [5.74, 6) is 0.363. The molecule has 1 aromatic carbocycles. The number of hydrogen-bond acceptors (Lipinski definition) is 2. The van der Waals surface area contributed by atoms with Gasteiger partial charge in [0.25, 0.3) is 0 Å². The van der Waals surface area contributed by atoms with Crippen LogP contribution in [-0.4, -0.2) is 14.8 Å². The summed E-state index contributed by atoms with van der Waals surface area (Å²) in [6, 6.07) is 10.8. The fourth-order valence-corrected chi connectivity index (χ4v) is 3.07. The molecule has 0 aliphatic carbocycles. The molecule has 0 atom stereocenters. The predicted octanol–water partition coefficient (Wildman–Crippen LogP) is 5.46. The van der Waals surface area contributed by atoms with Crippen molar-refractivity contribution in [2.45, 2.75) is 59.8 Å². The van der Waals surface area contributed by atoms with Crippen LogP contribution < -0.4 is 0 Å². The molecule has 0 radical (unpaired) electrons. The van der Waals surface area contributed by atoms with Crippen LogP contribution in [0.3, 0.4) is 0 Å². The molecule has 0 unspecified atom stereocenters. The molecule has 0 aliphatic heterocycles. The number of aromatic nitrogens is 3. The molecule has 0 saturated carbocycles. The summed E-state index contributed by atoms with van der Waals surface area (Å²) in [5.41, 5.74) is 6.77. The van der Waals surface area contributed by atoms with Gasteiger partial charge in [-0.15, -0.1) is 0 Å². The van der Waals surface area contributed by atoms with E-state index in [0.717, 1.165) is 28.1 Å². The van der Waals surface area contributed by atoms with Crippen molar-refractivity contribution in [3.8, 4) is 5.69 Å². The van der Waals surface area contributed by atoms with Crippen molar-refractivity contribution in [3.05, 3.63) is 52.8 Å². The van der Waals surface area contributed by atoms with Crippen molar-refractivity contribution in [2.24, 2.45) is 0 Å². The minimum absolute atomic E-state index is 0.0175. The SMILES string of the molecule is Cc1ccc(-n2nc(C(C)C)c3ccc(C(C)(C)C)nc32)c(C)c1. The number of aryl methyl sites for hydroxylation is 2. The first-order valence-corrected chi connectivity index (χ1v) is 8.66. The van der Waals surface area contributed by atoms with Crippen LogP contribution in [0.4, 0.5) is 0 Å². The lowest BCUT2D eigenvalue weighted by molar-refractivity contribution is 0.570. The van der Waals surface area contributed by atoms with Crippen molar-refractivity contribution in [1.82, 2.24) is 14.8 Å². The predicted molar refractivity (Wildman–Crippen MR) is 101 cm³/mol. The van der Waals surface area contributed by atoms with E-state index < -0.39 is 0 Å². The molecule has 3 aromatic rings. The second-order valence-corrected chi connectivity index (χ2v) is 8.06. The van der Waals surface area contributed by atoms with E-state index in [4.69, 9.17) is 10.1 Å². The van der Waals surface area contributed by atoms with Crippen LogP contribution in [0, 0.1) is 13.8 Å². The quantitative estimate of drug-likeness (QED) is 0.627. The highest BCUT2D eigenvalue weighted by molar-refractivity contribution is 5.81. The van der Waals surface area contributed by atoms with Gasteiger partial charge in [-0.2, -0.15) is 5.10 Å². The molecule has 24 heavy (non-hydrogen) atoms. The molecular weight excluding hydrogens is 294 g/mol. The average Bonchev–Trinajstić information content (AvgIpc) is 2.85. The van der Waals surface area contributed by atoms with Crippen molar-refractivity contribution < 1.29 is 0 Å². The lowest BCUT2D eigenvalue weighted by atomic mass is 9.91. The Kier molecular flexibility index (Phi) is 3.98. The normalized spacial score (nSPS) is 12.3. The molecule has 126 valence electrons. The third kappa shape index (κ3) is 2.83. The van der Waals surface area contributed by atoms with Gasteiger partial charge in [0.2, 0.25) is 0 Å². The second-order valence-electron chi connectivity index (χ2n) is 8.06. The van der Waals surface area contributed by atoms with E-state index in [1.807, 2.05) is 4.68 Å². The smallest absolute Gasteiger partial charge is 0.163 e. The Bertz CT molecular complexity index is 895. The van der Waals surface area contributed by atoms with Crippen LogP contribution in [-0.2, 0) is 5.41 Å². The fourth-order valence-electron chi connectivity index (χ4n) is 3.07. The largest absolute Gasteiger partial charge is 0.232 e. The van der Waals surface area contributed by atoms with Crippen LogP contribution in [0.5, 0.6) is 0 Å². The van der Waals surface area contributed by atoms with Crippen LogP contribution in [0.15, 0.2) is 30.3 Å². The first-order chi connectivity index (χ1) is 11.2. The molecule has 3 heteroatoms. The van der Waals surface area contributed by atoms with Crippen LogP contribution in [0.1, 0.15) is 63.1 Å². The van der Waals surface area contributed by atoms with E-state index in [-0.39, 0.29) is 5.41 Å². The van der Waals surface area contributed by atoms with Gasteiger partial charge in [0, 0.05) is 16.5 Å². The van der Waals surface area contributed by atoms with Gasteiger partial charge in [-0.3, -0.25) is 0 Å². The minimum atomic E-state index is 0.0175. The Morgan fingerprint density at radius 1 is 1.00 bits per heavy atom. The second kappa shape index (κ2) is 5.73. The van der Waals surface area contributed by atoms with Crippen LogP contribution in [0.25, 0.3) is 16.7 Å². The Morgan fingerprint density at radius 3 is 2.29 bits per heavy atom. The lowest BCUT2D eigenvalue weighted by Gasteiger charge is -2.18. The maximum absolute atomic E-state index is 4.99. The molecule has 0 spiro atoms. The fraction of sp³-hybridized carbons (Fsp3) is 0.429. The highest BCUT2D eigenvalue weighted by Gasteiger charge is 2.21.